The third-order valence-corrected chi connectivity index (χ3v) is 7.49. The zero-order chi connectivity index (χ0) is 28.4. The number of aromatic nitrogens is 2. The van der Waals surface area contributed by atoms with Crippen LogP contribution in [-0.4, -0.2) is 84.3 Å². The summed E-state index contributed by atoms with van der Waals surface area (Å²) in [6, 6.07) is 11.7. The zero-order valence-corrected chi connectivity index (χ0v) is 23.0. The Bertz CT molecular complexity index is 1550. The fraction of sp³-hybridized carbons (Fsp3) is 0.333. The number of ether oxygens (including phenoxy) is 1. The first-order valence-electron chi connectivity index (χ1n) is 13.4. The van der Waals surface area contributed by atoms with Gasteiger partial charge in [-0.05, 0) is 49.7 Å². The molecule has 1 N–H and O–H groups in total. The van der Waals surface area contributed by atoms with E-state index in [1.807, 2.05) is 26.1 Å². The second-order valence-electron chi connectivity index (χ2n) is 10.1. The molecule has 2 aliphatic rings. The van der Waals surface area contributed by atoms with Crippen LogP contribution in [0, 0.1) is 0 Å². The van der Waals surface area contributed by atoms with Gasteiger partial charge in [-0.15, -0.1) is 0 Å². The second-order valence-corrected chi connectivity index (χ2v) is 10.1. The molecule has 3 aromatic rings. The Hall–Kier alpha value is -4.28. The van der Waals surface area contributed by atoms with E-state index in [1.165, 1.54) is 11.9 Å². The van der Waals surface area contributed by atoms with Gasteiger partial charge < -0.3 is 24.8 Å². The molecule has 2 amide bonds. The van der Waals surface area contributed by atoms with Crippen LogP contribution in [0.15, 0.2) is 66.4 Å². The number of carbonyl (C=O) groups is 2. The van der Waals surface area contributed by atoms with Crippen molar-refractivity contribution in [2.45, 2.75) is 13.3 Å². The van der Waals surface area contributed by atoms with Crippen LogP contribution >= 0.6 is 0 Å². The molecule has 10 heteroatoms. The number of amides is 2. The lowest BCUT2D eigenvalue weighted by Crippen LogP contribution is -2.49. The van der Waals surface area contributed by atoms with E-state index < -0.39 is 11.5 Å². The molecule has 0 unspecified atom stereocenters. The molecule has 40 heavy (non-hydrogen) atoms. The minimum atomic E-state index is -0.692. The van der Waals surface area contributed by atoms with Crippen LogP contribution in [0.3, 0.4) is 0 Å². The van der Waals surface area contributed by atoms with Gasteiger partial charge >= 0.3 is 0 Å². The van der Waals surface area contributed by atoms with Crippen LogP contribution in [-0.2, 0) is 20.7 Å². The van der Waals surface area contributed by atoms with Crippen molar-refractivity contribution in [1.29, 1.82) is 0 Å². The molecule has 1 aromatic heterocycles. The summed E-state index contributed by atoms with van der Waals surface area (Å²) >= 11 is 0. The number of fused-ring (bicyclic) bond motifs is 2. The molecule has 2 aromatic carbocycles. The predicted molar refractivity (Wildman–Crippen MR) is 156 cm³/mol. The topological polar surface area (TPSA) is 100 Å². The quantitative estimate of drug-likeness (QED) is 0.436. The maximum absolute atomic E-state index is 13.4. The average Bonchev–Trinajstić information content (AvgIpc) is 3.37. The third-order valence-electron chi connectivity index (χ3n) is 7.49. The summed E-state index contributed by atoms with van der Waals surface area (Å²) in [6.45, 7) is 14.2. The number of hydrogen-bond acceptors (Lipinski definition) is 7. The summed E-state index contributed by atoms with van der Waals surface area (Å²) in [7, 11) is 1.99. The number of carbonyl (C=O) groups excluding carboxylic acids is 2. The zero-order valence-electron chi connectivity index (χ0n) is 23.0. The summed E-state index contributed by atoms with van der Waals surface area (Å²) < 4.78 is 6.69. The van der Waals surface area contributed by atoms with Crippen molar-refractivity contribution < 1.29 is 14.3 Å². The Labute approximate surface area is 233 Å². The van der Waals surface area contributed by atoms with Gasteiger partial charge in [-0.3, -0.25) is 19.0 Å². The van der Waals surface area contributed by atoms with Crippen LogP contribution in [0.2, 0.25) is 0 Å². The Morgan fingerprint density at radius 2 is 1.85 bits per heavy atom. The van der Waals surface area contributed by atoms with Crippen molar-refractivity contribution >= 4 is 34.1 Å². The molecular weight excluding hydrogens is 508 g/mol. The molecule has 1 saturated heterocycles. The first kappa shape index (κ1) is 27.3. The van der Waals surface area contributed by atoms with E-state index in [-0.39, 0.29) is 17.3 Å². The Morgan fingerprint density at radius 1 is 1.07 bits per heavy atom. The van der Waals surface area contributed by atoms with E-state index in [4.69, 9.17) is 4.74 Å². The molecule has 0 spiro atoms. The summed E-state index contributed by atoms with van der Waals surface area (Å²) in [6.07, 6.45) is 2.22. The number of nitrogens with zero attached hydrogens (tertiary/aromatic N) is 5. The lowest BCUT2D eigenvalue weighted by molar-refractivity contribution is -0.130. The number of nitrogens with one attached hydrogen (secondary N) is 1. The van der Waals surface area contributed by atoms with Gasteiger partial charge in [-0.2, -0.15) is 0 Å². The molecule has 3 heterocycles. The number of anilines is 1. The molecular formula is C30H34N6O4. The van der Waals surface area contributed by atoms with Crippen LogP contribution in [0.1, 0.15) is 12.5 Å². The Morgan fingerprint density at radius 3 is 2.60 bits per heavy atom. The second kappa shape index (κ2) is 11.4. The average molecular weight is 543 g/mol. The summed E-state index contributed by atoms with van der Waals surface area (Å²) in [5.74, 6) is -1.04. The lowest BCUT2D eigenvalue weighted by atomic mass is 9.99. The molecule has 0 atom stereocenters. The van der Waals surface area contributed by atoms with Crippen molar-refractivity contribution in [2.75, 3.05) is 58.0 Å². The van der Waals surface area contributed by atoms with Crippen molar-refractivity contribution in [2.24, 2.45) is 0 Å². The molecule has 10 nitrogen and oxygen atoms in total. The van der Waals surface area contributed by atoms with Gasteiger partial charge in [0.15, 0.2) is 0 Å². The predicted octanol–water partition coefficient (Wildman–Crippen LogP) is 2.29. The number of rotatable bonds is 8. The van der Waals surface area contributed by atoms with Crippen LogP contribution in [0.5, 0.6) is 0 Å². The van der Waals surface area contributed by atoms with Crippen LogP contribution in [0.25, 0.3) is 27.7 Å². The van der Waals surface area contributed by atoms with Crippen molar-refractivity contribution in [3.8, 4) is 11.1 Å². The van der Waals surface area contributed by atoms with E-state index >= 15 is 0 Å². The van der Waals surface area contributed by atoms with Crippen LogP contribution < -0.4 is 15.8 Å². The fourth-order valence-corrected chi connectivity index (χ4v) is 5.12. The molecule has 2 aliphatic heterocycles. The number of piperazine rings is 1. The molecule has 0 aliphatic carbocycles. The highest BCUT2D eigenvalue weighted by molar-refractivity contribution is 6.15. The summed E-state index contributed by atoms with van der Waals surface area (Å²) in [5, 5.41) is 2.86. The normalized spacial score (nSPS) is 15.2. The maximum Gasteiger partial charge on any atom is 0.272 e. The summed E-state index contributed by atoms with van der Waals surface area (Å²) in [5.41, 5.74) is 4.07. The van der Waals surface area contributed by atoms with Gasteiger partial charge in [0, 0.05) is 50.6 Å². The van der Waals surface area contributed by atoms with Crippen molar-refractivity contribution in [3.63, 3.8) is 0 Å². The van der Waals surface area contributed by atoms with E-state index in [0.717, 1.165) is 47.4 Å². The molecule has 208 valence electrons. The Balaban J connectivity index is 1.35. The molecule has 0 saturated carbocycles. The van der Waals surface area contributed by atoms with Crippen LogP contribution in [0.4, 0.5) is 5.69 Å². The number of likely N-dealkylation sites (N-methyl/N-ethyl adjacent to an activating group) is 1. The monoisotopic (exact) mass is 542 g/mol. The van der Waals surface area contributed by atoms with E-state index in [0.29, 0.717) is 37.3 Å². The van der Waals surface area contributed by atoms with Gasteiger partial charge in [0.25, 0.3) is 17.4 Å². The van der Waals surface area contributed by atoms with Crippen molar-refractivity contribution in [3.05, 3.63) is 77.5 Å². The number of para-hydroxylation sites is 1. The third kappa shape index (κ3) is 5.28. The Kier molecular flexibility index (Phi) is 7.81. The first-order valence-corrected chi connectivity index (χ1v) is 13.4. The molecule has 0 bridgehead atoms. The molecule has 1 fully saturated rings. The van der Waals surface area contributed by atoms with E-state index in [1.54, 1.807) is 17.0 Å². The highest BCUT2D eigenvalue weighted by atomic mass is 16.5. The van der Waals surface area contributed by atoms with Gasteiger partial charge in [-0.25, -0.2) is 4.98 Å². The minimum Gasteiger partial charge on any atom is -0.361 e. The molecule has 0 radical (unpaired) electrons. The highest BCUT2D eigenvalue weighted by Crippen LogP contribution is 2.34. The first-order chi connectivity index (χ1) is 19.3. The fourth-order valence-electron chi connectivity index (χ4n) is 5.12. The summed E-state index contributed by atoms with van der Waals surface area (Å²) in [4.78, 5) is 49.6. The lowest BCUT2D eigenvalue weighted by Gasteiger charge is -2.32. The largest absolute Gasteiger partial charge is 0.361 e. The van der Waals surface area contributed by atoms with Gasteiger partial charge in [0.1, 0.15) is 18.8 Å². The van der Waals surface area contributed by atoms with Gasteiger partial charge in [0.2, 0.25) is 0 Å². The van der Waals surface area contributed by atoms with Gasteiger partial charge in [0.05, 0.1) is 16.6 Å². The smallest absolute Gasteiger partial charge is 0.272 e. The maximum atomic E-state index is 13.4. The minimum absolute atomic E-state index is 0.0591. The SMILES string of the molecule is C=C(NC(=O)C(=C)n1cnc2c(-c3ccc4c(c3)CCN4COCC)cccc2c1=O)C(=O)N1CCN(C)CC1. The number of benzene rings is 2. The standard InChI is InChI=1S/C30H34N6O4/c1-5-40-19-35-12-11-23-17-22(9-10-26(23)35)24-7-6-8-25-27(24)31-18-36(30(25)39)21(3)28(37)32-20(2)29(38)34-15-13-33(4)14-16-34/h6-10,17-18H,2-3,5,11-16,19H2,1,4H3,(H,32,37). The highest BCUT2D eigenvalue weighted by Gasteiger charge is 2.24. The van der Waals surface area contributed by atoms with Crippen molar-refractivity contribution in [1.82, 2.24) is 24.7 Å². The van der Waals surface area contributed by atoms with E-state index in [2.05, 4.69) is 45.4 Å². The van der Waals surface area contributed by atoms with E-state index in [9.17, 15) is 14.4 Å². The van der Waals surface area contributed by atoms with Gasteiger partial charge in [-0.1, -0.05) is 31.4 Å². The molecule has 5 rings (SSSR count). The number of hydrogen-bond donors (Lipinski definition) is 1.